The fourth-order valence-corrected chi connectivity index (χ4v) is 2.14. The Morgan fingerprint density at radius 1 is 1.06 bits per heavy atom. The van der Waals surface area contributed by atoms with Gasteiger partial charge in [0.05, 0.1) is 5.60 Å². The Balaban J connectivity index is 2.23. The van der Waals surface area contributed by atoms with Gasteiger partial charge in [-0.25, -0.2) is 0 Å². The van der Waals surface area contributed by atoms with E-state index in [1.165, 1.54) is 5.56 Å². The number of benzene rings is 2. The number of aromatic hydroxyl groups is 1. The highest BCUT2D eigenvalue weighted by molar-refractivity contribution is 5.32. The van der Waals surface area contributed by atoms with Gasteiger partial charge in [0.1, 0.15) is 5.75 Å². The van der Waals surface area contributed by atoms with Crippen LogP contribution in [0.1, 0.15) is 23.6 Å². The summed E-state index contributed by atoms with van der Waals surface area (Å²) in [5, 5.41) is 19.8. The fourth-order valence-electron chi connectivity index (χ4n) is 2.14. The van der Waals surface area contributed by atoms with Crippen molar-refractivity contribution in [1.82, 2.24) is 0 Å². The van der Waals surface area contributed by atoms with Crippen LogP contribution in [0.15, 0.2) is 48.5 Å². The van der Waals surface area contributed by atoms with Crippen molar-refractivity contribution in [1.29, 1.82) is 0 Å². The summed E-state index contributed by atoms with van der Waals surface area (Å²) in [4.78, 5) is 0. The first-order valence-corrected chi connectivity index (χ1v) is 6.05. The van der Waals surface area contributed by atoms with Gasteiger partial charge in [-0.05, 0) is 37.1 Å². The third-order valence-corrected chi connectivity index (χ3v) is 3.12. The van der Waals surface area contributed by atoms with E-state index in [-0.39, 0.29) is 5.75 Å². The van der Waals surface area contributed by atoms with Crippen molar-refractivity contribution in [2.75, 3.05) is 0 Å². The molecular weight excluding hydrogens is 224 g/mol. The quantitative estimate of drug-likeness (QED) is 0.868. The molecule has 0 aliphatic rings. The van der Waals surface area contributed by atoms with Gasteiger partial charge < -0.3 is 10.2 Å². The van der Waals surface area contributed by atoms with E-state index in [1.54, 1.807) is 31.2 Å². The number of hydrogen-bond donors (Lipinski definition) is 2. The maximum atomic E-state index is 10.5. The number of phenols is 1. The Kier molecular flexibility index (Phi) is 3.39. The minimum atomic E-state index is -0.929. The van der Waals surface area contributed by atoms with Crippen LogP contribution in [0.5, 0.6) is 5.75 Å². The predicted molar refractivity (Wildman–Crippen MR) is 72.6 cm³/mol. The molecule has 0 bridgehead atoms. The molecule has 0 aliphatic carbocycles. The van der Waals surface area contributed by atoms with E-state index < -0.39 is 5.60 Å². The molecule has 18 heavy (non-hydrogen) atoms. The van der Waals surface area contributed by atoms with E-state index in [0.29, 0.717) is 6.42 Å². The maximum Gasteiger partial charge on any atom is 0.115 e. The van der Waals surface area contributed by atoms with Crippen molar-refractivity contribution in [3.8, 4) is 5.75 Å². The monoisotopic (exact) mass is 242 g/mol. The van der Waals surface area contributed by atoms with E-state index in [2.05, 4.69) is 6.07 Å². The van der Waals surface area contributed by atoms with Crippen molar-refractivity contribution in [2.24, 2.45) is 0 Å². The van der Waals surface area contributed by atoms with Crippen molar-refractivity contribution >= 4 is 0 Å². The average Bonchev–Trinajstić information content (AvgIpc) is 2.29. The summed E-state index contributed by atoms with van der Waals surface area (Å²) >= 11 is 0. The Morgan fingerprint density at radius 2 is 1.72 bits per heavy atom. The zero-order valence-corrected chi connectivity index (χ0v) is 10.7. The molecule has 2 heteroatoms. The summed E-state index contributed by atoms with van der Waals surface area (Å²) in [6.07, 6.45) is 0.555. The Morgan fingerprint density at radius 3 is 2.33 bits per heavy atom. The van der Waals surface area contributed by atoms with Crippen LogP contribution < -0.4 is 0 Å². The molecule has 0 heterocycles. The molecular formula is C16H18O2. The molecule has 0 radical (unpaired) electrons. The Bertz CT molecular complexity index is 527. The third kappa shape index (κ3) is 2.90. The molecule has 0 saturated heterocycles. The zero-order chi connectivity index (χ0) is 13.2. The first-order valence-electron chi connectivity index (χ1n) is 6.05. The van der Waals surface area contributed by atoms with Crippen LogP contribution in [0.2, 0.25) is 0 Å². The van der Waals surface area contributed by atoms with E-state index in [0.717, 1.165) is 11.1 Å². The summed E-state index contributed by atoms with van der Waals surface area (Å²) in [5.74, 6) is 0.213. The minimum absolute atomic E-state index is 0.213. The zero-order valence-electron chi connectivity index (χ0n) is 10.7. The molecule has 2 aromatic carbocycles. The summed E-state index contributed by atoms with van der Waals surface area (Å²) in [5.41, 5.74) is 2.17. The standard InChI is InChI=1S/C16H18O2/c1-12-4-3-5-13(10-12)11-16(2,18)14-6-8-15(17)9-7-14/h3-10,17-18H,11H2,1-2H3. The first-order chi connectivity index (χ1) is 8.47. The van der Waals surface area contributed by atoms with Crippen LogP contribution in [0, 0.1) is 6.92 Å². The SMILES string of the molecule is Cc1cccc(CC(C)(O)c2ccc(O)cc2)c1. The Hall–Kier alpha value is -1.80. The second-order valence-corrected chi connectivity index (χ2v) is 4.99. The molecule has 0 aromatic heterocycles. The van der Waals surface area contributed by atoms with Crippen LogP contribution >= 0.6 is 0 Å². The molecule has 1 atom stereocenters. The normalized spacial score (nSPS) is 14.2. The highest BCUT2D eigenvalue weighted by Gasteiger charge is 2.23. The lowest BCUT2D eigenvalue weighted by molar-refractivity contribution is 0.0576. The molecule has 2 rings (SSSR count). The van der Waals surface area contributed by atoms with Gasteiger partial charge in [-0.15, -0.1) is 0 Å². The number of rotatable bonds is 3. The van der Waals surface area contributed by atoms with Crippen molar-refractivity contribution in [2.45, 2.75) is 25.9 Å². The molecule has 0 saturated carbocycles. The van der Waals surface area contributed by atoms with Crippen molar-refractivity contribution in [3.63, 3.8) is 0 Å². The van der Waals surface area contributed by atoms with Gasteiger partial charge in [0.25, 0.3) is 0 Å². The van der Waals surface area contributed by atoms with Gasteiger partial charge >= 0.3 is 0 Å². The molecule has 2 aromatic rings. The average molecular weight is 242 g/mol. The summed E-state index contributed by atoms with van der Waals surface area (Å²) in [6.45, 7) is 3.83. The second-order valence-electron chi connectivity index (χ2n) is 4.99. The summed E-state index contributed by atoms with van der Waals surface area (Å²) < 4.78 is 0. The van der Waals surface area contributed by atoms with Gasteiger partial charge in [-0.2, -0.15) is 0 Å². The number of phenolic OH excluding ortho intramolecular Hbond substituents is 1. The lowest BCUT2D eigenvalue weighted by Crippen LogP contribution is -2.24. The van der Waals surface area contributed by atoms with Gasteiger partial charge in [0.15, 0.2) is 0 Å². The second kappa shape index (κ2) is 4.83. The third-order valence-electron chi connectivity index (χ3n) is 3.12. The molecule has 0 spiro atoms. The molecule has 0 fully saturated rings. The first kappa shape index (κ1) is 12.7. The topological polar surface area (TPSA) is 40.5 Å². The lowest BCUT2D eigenvalue weighted by Gasteiger charge is -2.24. The maximum absolute atomic E-state index is 10.5. The van der Waals surface area contributed by atoms with Crippen molar-refractivity contribution in [3.05, 3.63) is 65.2 Å². The van der Waals surface area contributed by atoms with Gasteiger partial charge in [0, 0.05) is 6.42 Å². The van der Waals surface area contributed by atoms with Gasteiger partial charge in [0.2, 0.25) is 0 Å². The molecule has 2 nitrogen and oxygen atoms in total. The van der Waals surface area contributed by atoms with E-state index in [4.69, 9.17) is 0 Å². The van der Waals surface area contributed by atoms with Crippen LogP contribution in [-0.2, 0) is 12.0 Å². The van der Waals surface area contributed by atoms with E-state index in [1.807, 2.05) is 25.1 Å². The Labute approximate surface area is 108 Å². The van der Waals surface area contributed by atoms with E-state index in [9.17, 15) is 10.2 Å². The molecule has 0 aliphatic heterocycles. The highest BCUT2D eigenvalue weighted by Crippen LogP contribution is 2.26. The number of hydrogen-bond acceptors (Lipinski definition) is 2. The minimum Gasteiger partial charge on any atom is -0.508 e. The lowest BCUT2D eigenvalue weighted by atomic mass is 9.88. The van der Waals surface area contributed by atoms with Gasteiger partial charge in [-0.1, -0.05) is 42.0 Å². The molecule has 0 amide bonds. The van der Waals surface area contributed by atoms with Crippen molar-refractivity contribution < 1.29 is 10.2 Å². The molecule has 2 N–H and O–H groups in total. The smallest absolute Gasteiger partial charge is 0.115 e. The van der Waals surface area contributed by atoms with Crippen LogP contribution in [0.25, 0.3) is 0 Å². The van der Waals surface area contributed by atoms with E-state index >= 15 is 0 Å². The fraction of sp³-hybridized carbons (Fsp3) is 0.250. The molecule has 1 unspecified atom stereocenters. The largest absolute Gasteiger partial charge is 0.508 e. The predicted octanol–water partition coefficient (Wildman–Crippen LogP) is 3.15. The summed E-state index contributed by atoms with van der Waals surface area (Å²) in [7, 11) is 0. The summed E-state index contributed by atoms with van der Waals surface area (Å²) in [6, 6.07) is 14.8. The number of aliphatic hydroxyl groups is 1. The van der Waals surface area contributed by atoms with Crippen LogP contribution in [0.3, 0.4) is 0 Å². The molecule has 94 valence electrons. The van der Waals surface area contributed by atoms with Crippen LogP contribution in [-0.4, -0.2) is 10.2 Å². The highest BCUT2D eigenvalue weighted by atomic mass is 16.3. The van der Waals surface area contributed by atoms with Gasteiger partial charge in [-0.3, -0.25) is 0 Å². The van der Waals surface area contributed by atoms with Crippen LogP contribution in [0.4, 0.5) is 0 Å². The number of aryl methyl sites for hydroxylation is 1.